The second kappa shape index (κ2) is 9.28. The molecule has 1 heterocycles. The van der Waals surface area contributed by atoms with E-state index < -0.39 is 0 Å². The van der Waals surface area contributed by atoms with Crippen LogP contribution in [0, 0.1) is 5.92 Å². The van der Waals surface area contributed by atoms with Crippen LogP contribution in [0.2, 0.25) is 0 Å². The van der Waals surface area contributed by atoms with Crippen molar-refractivity contribution >= 4 is 17.4 Å². The van der Waals surface area contributed by atoms with Crippen LogP contribution in [0.5, 0.6) is 5.75 Å². The van der Waals surface area contributed by atoms with Crippen molar-refractivity contribution in [1.29, 1.82) is 0 Å². The number of aliphatic hydroxyl groups is 1. The van der Waals surface area contributed by atoms with E-state index in [1.807, 2.05) is 30.3 Å². The standard InChI is InChI=1S/C21H27N3O3/c1-27-20-4-2-3-18(13-20)23-21(26)22-14-16-5-7-19(8-6-16)24-11-9-17(15-25)10-12-24/h2-8,13,17,25H,9-12,14-15H2,1H3,(H2,22,23,26). The van der Waals surface area contributed by atoms with Crippen molar-refractivity contribution in [2.75, 3.05) is 37.0 Å². The molecule has 0 radical (unpaired) electrons. The first-order valence-corrected chi connectivity index (χ1v) is 9.31. The van der Waals surface area contributed by atoms with Crippen LogP contribution >= 0.6 is 0 Å². The number of benzene rings is 2. The van der Waals surface area contributed by atoms with Gasteiger partial charge in [-0.2, -0.15) is 0 Å². The van der Waals surface area contributed by atoms with E-state index >= 15 is 0 Å². The van der Waals surface area contributed by atoms with E-state index in [0.717, 1.165) is 31.5 Å². The first-order valence-electron chi connectivity index (χ1n) is 9.31. The number of anilines is 2. The Labute approximate surface area is 160 Å². The third-order valence-electron chi connectivity index (χ3n) is 4.95. The van der Waals surface area contributed by atoms with Crippen LogP contribution in [-0.4, -0.2) is 37.9 Å². The van der Waals surface area contributed by atoms with Gasteiger partial charge >= 0.3 is 6.03 Å². The minimum atomic E-state index is -0.251. The molecule has 1 saturated heterocycles. The maximum atomic E-state index is 12.1. The van der Waals surface area contributed by atoms with Gasteiger partial charge in [-0.25, -0.2) is 4.79 Å². The van der Waals surface area contributed by atoms with Gasteiger partial charge in [0.15, 0.2) is 0 Å². The number of hydrogen-bond acceptors (Lipinski definition) is 4. The highest BCUT2D eigenvalue weighted by atomic mass is 16.5. The molecule has 27 heavy (non-hydrogen) atoms. The molecule has 0 bridgehead atoms. The fourth-order valence-electron chi connectivity index (χ4n) is 3.26. The molecule has 1 fully saturated rings. The summed E-state index contributed by atoms with van der Waals surface area (Å²) in [5.41, 5.74) is 2.93. The van der Waals surface area contributed by atoms with Gasteiger partial charge in [-0.15, -0.1) is 0 Å². The van der Waals surface area contributed by atoms with E-state index in [2.05, 4.69) is 27.7 Å². The lowest BCUT2D eigenvalue weighted by Gasteiger charge is -2.33. The largest absolute Gasteiger partial charge is 0.497 e. The van der Waals surface area contributed by atoms with Gasteiger partial charge in [0.25, 0.3) is 0 Å². The molecular weight excluding hydrogens is 342 g/mol. The molecule has 6 nitrogen and oxygen atoms in total. The maximum absolute atomic E-state index is 12.1. The summed E-state index contributed by atoms with van der Waals surface area (Å²) in [6.45, 7) is 2.70. The second-order valence-corrected chi connectivity index (χ2v) is 6.82. The molecule has 0 spiro atoms. The van der Waals surface area contributed by atoms with E-state index in [-0.39, 0.29) is 12.6 Å². The predicted molar refractivity (Wildman–Crippen MR) is 107 cm³/mol. The summed E-state index contributed by atoms with van der Waals surface area (Å²) in [5.74, 6) is 1.14. The topological polar surface area (TPSA) is 73.8 Å². The Bertz CT molecular complexity index is 741. The quantitative estimate of drug-likeness (QED) is 0.731. The monoisotopic (exact) mass is 369 g/mol. The van der Waals surface area contributed by atoms with Gasteiger partial charge in [0, 0.05) is 43.7 Å². The molecule has 0 aliphatic carbocycles. The molecular formula is C21H27N3O3. The lowest BCUT2D eigenvalue weighted by Crippen LogP contribution is -2.34. The number of methoxy groups -OCH3 is 1. The smallest absolute Gasteiger partial charge is 0.319 e. The lowest BCUT2D eigenvalue weighted by atomic mass is 9.97. The van der Waals surface area contributed by atoms with E-state index in [0.29, 0.717) is 23.9 Å². The Morgan fingerprint density at radius 2 is 1.93 bits per heavy atom. The fourth-order valence-corrected chi connectivity index (χ4v) is 3.26. The maximum Gasteiger partial charge on any atom is 0.319 e. The number of amides is 2. The predicted octanol–water partition coefficient (Wildman–Crippen LogP) is 3.23. The molecule has 0 atom stereocenters. The average molecular weight is 369 g/mol. The molecule has 2 aromatic carbocycles. The van der Waals surface area contributed by atoms with Gasteiger partial charge in [-0.1, -0.05) is 18.2 Å². The van der Waals surface area contributed by atoms with Gasteiger partial charge < -0.3 is 25.4 Å². The van der Waals surface area contributed by atoms with Crippen LogP contribution in [0.15, 0.2) is 48.5 Å². The van der Waals surface area contributed by atoms with Gasteiger partial charge in [0.05, 0.1) is 7.11 Å². The molecule has 3 N–H and O–H groups in total. The van der Waals surface area contributed by atoms with E-state index in [4.69, 9.17) is 4.74 Å². The molecule has 0 unspecified atom stereocenters. The number of piperidine rings is 1. The minimum Gasteiger partial charge on any atom is -0.497 e. The third-order valence-corrected chi connectivity index (χ3v) is 4.95. The Hall–Kier alpha value is -2.73. The molecule has 1 aliphatic rings. The normalized spacial score (nSPS) is 14.7. The van der Waals surface area contributed by atoms with Gasteiger partial charge in [-0.3, -0.25) is 0 Å². The summed E-state index contributed by atoms with van der Waals surface area (Å²) in [4.78, 5) is 14.4. The van der Waals surface area contributed by atoms with Crippen LogP contribution < -0.4 is 20.3 Å². The number of nitrogens with one attached hydrogen (secondary N) is 2. The van der Waals surface area contributed by atoms with Crippen molar-refractivity contribution in [2.45, 2.75) is 19.4 Å². The van der Waals surface area contributed by atoms with Crippen LogP contribution in [0.25, 0.3) is 0 Å². The van der Waals surface area contributed by atoms with Gasteiger partial charge in [0.1, 0.15) is 5.75 Å². The highest BCUT2D eigenvalue weighted by Crippen LogP contribution is 2.23. The Balaban J connectivity index is 1.47. The number of hydrogen-bond donors (Lipinski definition) is 3. The van der Waals surface area contributed by atoms with Crippen molar-refractivity contribution in [2.24, 2.45) is 5.92 Å². The summed E-state index contributed by atoms with van der Waals surface area (Å²) in [6.07, 6.45) is 2.06. The number of aliphatic hydroxyl groups excluding tert-OH is 1. The molecule has 0 saturated carbocycles. The summed E-state index contributed by atoms with van der Waals surface area (Å²) >= 11 is 0. The highest BCUT2D eigenvalue weighted by Gasteiger charge is 2.18. The lowest BCUT2D eigenvalue weighted by molar-refractivity contribution is 0.203. The SMILES string of the molecule is COc1cccc(NC(=O)NCc2ccc(N3CCC(CO)CC3)cc2)c1. The molecule has 1 aliphatic heterocycles. The molecule has 0 aromatic heterocycles. The van der Waals surface area contributed by atoms with Crippen LogP contribution in [0.1, 0.15) is 18.4 Å². The minimum absolute atomic E-state index is 0.251. The highest BCUT2D eigenvalue weighted by molar-refractivity contribution is 5.89. The average Bonchev–Trinajstić information content (AvgIpc) is 2.73. The number of ether oxygens (including phenoxy) is 1. The molecule has 144 valence electrons. The Morgan fingerprint density at radius 1 is 1.19 bits per heavy atom. The summed E-state index contributed by atoms with van der Waals surface area (Å²) < 4.78 is 5.15. The molecule has 2 aromatic rings. The number of urea groups is 1. The van der Waals surface area contributed by atoms with Crippen molar-refractivity contribution in [1.82, 2.24) is 5.32 Å². The van der Waals surface area contributed by atoms with E-state index in [1.54, 1.807) is 13.2 Å². The zero-order chi connectivity index (χ0) is 19.1. The second-order valence-electron chi connectivity index (χ2n) is 6.82. The van der Waals surface area contributed by atoms with Crippen LogP contribution in [0.3, 0.4) is 0 Å². The zero-order valence-corrected chi connectivity index (χ0v) is 15.6. The molecule has 3 rings (SSSR count). The van der Waals surface area contributed by atoms with Crippen molar-refractivity contribution < 1.29 is 14.6 Å². The zero-order valence-electron chi connectivity index (χ0n) is 15.6. The number of rotatable bonds is 6. The molecule has 6 heteroatoms. The molecule has 2 amide bonds. The van der Waals surface area contributed by atoms with Crippen molar-refractivity contribution in [3.8, 4) is 5.75 Å². The fraction of sp³-hybridized carbons (Fsp3) is 0.381. The van der Waals surface area contributed by atoms with Crippen molar-refractivity contribution in [3.05, 3.63) is 54.1 Å². The Kier molecular flexibility index (Phi) is 6.54. The summed E-state index contributed by atoms with van der Waals surface area (Å²) in [7, 11) is 1.59. The van der Waals surface area contributed by atoms with Crippen LogP contribution in [-0.2, 0) is 6.54 Å². The number of nitrogens with zero attached hydrogens (tertiary/aromatic N) is 1. The summed E-state index contributed by atoms with van der Waals surface area (Å²) in [6, 6.07) is 15.3. The first-order chi connectivity index (χ1) is 13.2. The van der Waals surface area contributed by atoms with E-state index in [9.17, 15) is 9.90 Å². The van der Waals surface area contributed by atoms with Crippen molar-refractivity contribution in [3.63, 3.8) is 0 Å². The number of carbonyl (C=O) groups excluding carboxylic acids is 1. The van der Waals surface area contributed by atoms with Gasteiger partial charge in [0.2, 0.25) is 0 Å². The number of carbonyl (C=O) groups is 1. The van der Waals surface area contributed by atoms with E-state index in [1.165, 1.54) is 5.69 Å². The Morgan fingerprint density at radius 3 is 2.59 bits per heavy atom. The van der Waals surface area contributed by atoms with Crippen LogP contribution in [0.4, 0.5) is 16.2 Å². The first kappa shape index (κ1) is 19.0. The summed E-state index contributed by atoms with van der Waals surface area (Å²) in [5, 5.41) is 14.9. The third kappa shape index (κ3) is 5.37. The van der Waals surface area contributed by atoms with Gasteiger partial charge in [-0.05, 0) is 48.6 Å².